The van der Waals surface area contributed by atoms with Crippen molar-refractivity contribution in [2.24, 2.45) is 127 Å². The summed E-state index contributed by atoms with van der Waals surface area (Å²) in [6.07, 6.45) is 10.4. The Labute approximate surface area is 562 Å². The molecule has 24 unspecified atom stereocenters. The molecule has 10 fully saturated rings. The molecule has 500 valence electrons. The minimum absolute atomic E-state index is 0.0723. The fourth-order valence-electron chi connectivity index (χ4n) is 26.0. The summed E-state index contributed by atoms with van der Waals surface area (Å²) in [6, 6.07) is 34.8. The second kappa shape index (κ2) is 21.8. The fraction of sp³-hybridized carbons (Fsp3) is 0.584. The fourth-order valence-corrected chi connectivity index (χ4v) is 26.0. The van der Waals surface area contributed by atoms with Gasteiger partial charge < -0.3 is 56.8 Å². The lowest BCUT2D eigenvalue weighted by Gasteiger charge is -2.68. The van der Waals surface area contributed by atoms with Crippen LogP contribution in [0.4, 0.5) is 0 Å². The van der Waals surface area contributed by atoms with Crippen LogP contribution in [0.5, 0.6) is 23.0 Å². The van der Waals surface area contributed by atoms with E-state index in [1.165, 1.54) is 6.42 Å². The third-order valence-corrected chi connectivity index (χ3v) is 27.8. The summed E-state index contributed by atoms with van der Waals surface area (Å²) in [7, 11) is 0. The van der Waals surface area contributed by atoms with Crippen LogP contribution in [-0.2, 0) is 60.1 Å². The maximum Gasteiger partial charge on any atom is 0.161 e. The van der Waals surface area contributed by atoms with Gasteiger partial charge in [0.05, 0.1) is 126 Å². The zero-order chi connectivity index (χ0) is 63.3. The molecule has 14 heterocycles. The van der Waals surface area contributed by atoms with E-state index < -0.39 is 22.2 Å². The summed E-state index contributed by atoms with van der Waals surface area (Å²) >= 11 is 0. The second-order valence-electron chi connectivity index (χ2n) is 30.6. The molecule has 97 heavy (non-hydrogen) atoms. The highest BCUT2D eigenvalue weighted by atomic mass is 16.6. The number of rotatable bonds is 4. The van der Waals surface area contributed by atoms with Crippen LogP contribution in [0.2, 0.25) is 0 Å². The highest BCUT2D eigenvalue weighted by molar-refractivity contribution is 5.58. The Morgan fingerprint density at radius 2 is 0.505 bits per heavy atom. The van der Waals surface area contributed by atoms with Crippen molar-refractivity contribution in [2.45, 2.75) is 65.8 Å². The molecule has 10 aliphatic heterocycles. The van der Waals surface area contributed by atoms with Gasteiger partial charge in [-0.1, -0.05) is 24.3 Å². The highest BCUT2D eigenvalue weighted by Gasteiger charge is 2.89. The first-order valence-corrected chi connectivity index (χ1v) is 36.3. The van der Waals surface area contributed by atoms with Crippen molar-refractivity contribution in [1.82, 2.24) is 19.9 Å². The summed E-state index contributed by atoms with van der Waals surface area (Å²) in [4.78, 5) is 21.8. The molecule has 0 amide bonds. The van der Waals surface area contributed by atoms with Crippen LogP contribution in [0.1, 0.15) is 88.7 Å². The maximum absolute atomic E-state index is 7.68. The van der Waals surface area contributed by atoms with Crippen molar-refractivity contribution in [3.8, 4) is 23.0 Å². The van der Waals surface area contributed by atoms with Crippen molar-refractivity contribution >= 4 is 0 Å². The zero-order valence-corrected chi connectivity index (χ0v) is 54.2. The Bertz CT molecular complexity index is 3620. The lowest BCUT2D eigenvalue weighted by Crippen LogP contribution is -2.70. The first-order valence-electron chi connectivity index (χ1n) is 36.3. The van der Waals surface area contributed by atoms with Gasteiger partial charge >= 0.3 is 0 Å². The molecule has 2 saturated heterocycles. The quantitative estimate of drug-likeness (QED) is 0.150. The first kappa shape index (κ1) is 58.0. The molecule has 20 nitrogen and oxygen atoms in total. The van der Waals surface area contributed by atoms with E-state index in [2.05, 4.69) is 97.1 Å². The summed E-state index contributed by atoms with van der Waals surface area (Å²) in [6.45, 7) is 7.11. The largest absolute Gasteiger partial charge is 0.487 e. The molecule has 0 N–H and O–H groups in total. The first-order chi connectivity index (χ1) is 48.1. The minimum atomic E-state index is -0.749. The van der Waals surface area contributed by atoms with Crippen LogP contribution in [0.15, 0.2) is 142 Å². The van der Waals surface area contributed by atoms with Gasteiger partial charge in [-0.2, -0.15) is 20.5 Å². The molecule has 18 aliphatic rings. The van der Waals surface area contributed by atoms with Crippen LogP contribution in [0, 0.1) is 107 Å². The smallest absolute Gasteiger partial charge is 0.161 e. The number of fused-ring (bicyclic) bond motifs is 28. The van der Waals surface area contributed by atoms with E-state index in [9.17, 15) is 0 Å². The molecule has 0 radical (unpaired) electrons. The van der Waals surface area contributed by atoms with Gasteiger partial charge in [0, 0.05) is 72.1 Å². The van der Waals surface area contributed by atoms with Crippen LogP contribution in [-0.4, -0.2) is 126 Å². The molecule has 8 saturated carbocycles. The van der Waals surface area contributed by atoms with Gasteiger partial charge in [0.15, 0.2) is 23.0 Å². The SMILES string of the molecule is c1ccc(C23N=NC(c4ccccn4)(C4C5OC(c6cc7c(cc65)OCCOCCOCCOCCO7)C42)C2C4CC(C5C6CC(C45)C4C5CC(C64)C4C5C5(c6ccccn6)N=NC4(c4ccccn4)C4C6OC(c7cc8c(cc76)OCCOCCOCCOCCO8)C45)C23)nc1. The van der Waals surface area contributed by atoms with Crippen molar-refractivity contribution in [1.29, 1.82) is 0 Å². The predicted octanol–water partition coefficient (Wildman–Crippen LogP) is 10.7. The van der Waals surface area contributed by atoms with E-state index in [1.54, 1.807) is 0 Å². The van der Waals surface area contributed by atoms with Crippen molar-refractivity contribution in [2.75, 3.05) is 106 Å². The molecule has 2 aromatic carbocycles. The van der Waals surface area contributed by atoms with Gasteiger partial charge in [-0.3, -0.25) is 19.9 Å². The maximum atomic E-state index is 7.68. The number of aromatic nitrogens is 4. The Morgan fingerprint density at radius 3 is 0.742 bits per heavy atom. The summed E-state index contributed by atoms with van der Waals surface area (Å²) in [5.41, 5.74) is 5.66. The van der Waals surface area contributed by atoms with E-state index >= 15 is 0 Å². The molecule has 24 rings (SSSR count). The average molecular weight is 1310 g/mol. The Hall–Kier alpha value is -6.88. The van der Waals surface area contributed by atoms with Crippen LogP contribution >= 0.6 is 0 Å². The highest BCUT2D eigenvalue weighted by Crippen LogP contribution is 2.90. The molecule has 20 heteroatoms. The van der Waals surface area contributed by atoms with Gasteiger partial charge in [0.2, 0.25) is 0 Å². The summed E-state index contributed by atoms with van der Waals surface area (Å²) in [5.74, 6) is 7.98. The topological polar surface area (TPSA) is 212 Å². The number of benzene rings is 2. The molecule has 24 atom stereocenters. The van der Waals surface area contributed by atoms with E-state index in [0.29, 0.717) is 188 Å². The molecular weight excluding hydrogens is 1230 g/mol. The van der Waals surface area contributed by atoms with Crippen molar-refractivity contribution in [3.05, 3.63) is 167 Å². The van der Waals surface area contributed by atoms with E-state index in [-0.39, 0.29) is 71.8 Å². The number of pyridine rings is 4. The van der Waals surface area contributed by atoms with Crippen LogP contribution in [0.25, 0.3) is 0 Å². The van der Waals surface area contributed by atoms with E-state index in [0.717, 1.165) is 57.9 Å². The number of hydrogen-bond donors (Lipinski definition) is 0. The van der Waals surface area contributed by atoms with Gasteiger partial charge in [-0.15, -0.1) is 0 Å². The lowest BCUT2D eigenvalue weighted by atomic mass is 9.38. The number of azo groups is 2. The van der Waals surface area contributed by atoms with Gasteiger partial charge in [0.1, 0.15) is 48.6 Å². The number of nitrogens with zero attached hydrogens (tertiary/aromatic N) is 8. The summed E-state index contributed by atoms with van der Waals surface area (Å²) < 4.78 is 77.3. The predicted molar refractivity (Wildman–Crippen MR) is 343 cm³/mol. The normalized spacial score (nSPS) is 44.6. The number of hydrogen-bond acceptors (Lipinski definition) is 20. The van der Waals surface area contributed by atoms with Gasteiger partial charge in [-0.05, 0) is 173 Å². The third-order valence-electron chi connectivity index (χ3n) is 27.8. The summed E-state index contributed by atoms with van der Waals surface area (Å²) in [5, 5.41) is 23.8. The Balaban J connectivity index is 0.666. The molecule has 14 bridgehead atoms. The van der Waals surface area contributed by atoms with Crippen molar-refractivity contribution in [3.63, 3.8) is 0 Å². The average Bonchev–Trinajstić information content (AvgIpc) is 1.48. The van der Waals surface area contributed by atoms with E-state index in [1.807, 2.05) is 24.8 Å². The lowest BCUT2D eigenvalue weighted by molar-refractivity contribution is -0.181. The zero-order valence-electron chi connectivity index (χ0n) is 54.2. The molecule has 6 aromatic rings. The second-order valence-corrected chi connectivity index (χ2v) is 30.6. The molecule has 8 aliphatic carbocycles. The van der Waals surface area contributed by atoms with E-state index in [4.69, 9.17) is 97.2 Å². The third kappa shape index (κ3) is 7.56. The molecular formula is C77H80N8O12. The van der Waals surface area contributed by atoms with Crippen LogP contribution < -0.4 is 18.9 Å². The minimum Gasteiger partial charge on any atom is -0.487 e. The molecule has 0 spiro atoms. The van der Waals surface area contributed by atoms with Gasteiger partial charge in [0.25, 0.3) is 0 Å². The monoisotopic (exact) mass is 1310 g/mol. The van der Waals surface area contributed by atoms with Gasteiger partial charge in [-0.25, -0.2) is 0 Å². The number of ether oxygens (including phenoxy) is 12. The standard InChI is InChI=1S/C77H80N8O12/c1-5-13-78-54(9-1)74-62-46-34-47(63(62)75(83-82-74,55-10-2-6-14-79-55)67-66(74)70-40-36-50-51(37-41(40)71(67)96-70)93-30-26-89-22-18-86-17-21-88-25-29-92-50)59-45-33-44(58(46)59)60-48-35-49(61(45)60)65-64(48)76(56-11-3-7-15-80-56)68-69(77(65,85-84-76)57-12-4-8-16-81-57)73-43-39-53-52(38-42(43)72(68)97-73)94-31-27-90-23-19-87-20-24-91-28-32-95-53/h1-16,36-39,44-49,58-73H,17-35H2. The van der Waals surface area contributed by atoms with Crippen LogP contribution in [0.3, 0.4) is 0 Å². The van der Waals surface area contributed by atoms with Crippen molar-refractivity contribution < 1.29 is 56.8 Å². The molecule has 4 aromatic heterocycles. The Kier molecular flexibility index (Phi) is 13.0. The Morgan fingerprint density at radius 1 is 0.268 bits per heavy atom.